The Labute approximate surface area is 179 Å². The molecule has 0 radical (unpaired) electrons. The number of nitriles is 1. The van der Waals surface area contributed by atoms with Crippen LogP contribution in [0.1, 0.15) is 5.56 Å². The maximum Gasteiger partial charge on any atom is 0.161 e. The quantitative estimate of drug-likeness (QED) is 0.459. The Morgan fingerprint density at radius 1 is 0.806 bits per heavy atom. The average molecular weight is 409 g/mol. The molecule has 5 rings (SSSR count). The SMILES string of the molecule is N#CCc1c(-c2ccccc2)oc(-c2ccccc2O)c1-c1ccc2c(c1)OCCO2. The van der Waals surface area contributed by atoms with Crippen molar-refractivity contribution < 1.29 is 19.0 Å². The van der Waals surface area contributed by atoms with Crippen molar-refractivity contribution in [1.29, 1.82) is 5.26 Å². The third-order valence-corrected chi connectivity index (χ3v) is 5.28. The second kappa shape index (κ2) is 7.92. The van der Waals surface area contributed by atoms with E-state index in [1.165, 1.54) is 0 Å². The molecule has 3 aromatic carbocycles. The van der Waals surface area contributed by atoms with Gasteiger partial charge in [0.1, 0.15) is 30.5 Å². The van der Waals surface area contributed by atoms with Crippen LogP contribution in [-0.2, 0) is 6.42 Å². The van der Waals surface area contributed by atoms with Gasteiger partial charge in [-0.25, -0.2) is 0 Å². The van der Waals surface area contributed by atoms with Crippen molar-refractivity contribution in [2.45, 2.75) is 6.42 Å². The molecule has 2 heterocycles. The van der Waals surface area contributed by atoms with E-state index in [1.54, 1.807) is 18.2 Å². The van der Waals surface area contributed by atoms with Gasteiger partial charge in [0.05, 0.1) is 18.1 Å². The zero-order valence-corrected chi connectivity index (χ0v) is 16.7. The Bertz CT molecular complexity index is 1280. The smallest absolute Gasteiger partial charge is 0.161 e. The highest BCUT2D eigenvalue weighted by Gasteiger charge is 2.26. The van der Waals surface area contributed by atoms with E-state index in [0.717, 1.165) is 22.3 Å². The zero-order chi connectivity index (χ0) is 21.2. The average Bonchev–Trinajstić information content (AvgIpc) is 3.19. The van der Waals surface area contributed by atoms with Crippen molar-refractivity contribution in [3.63, 3.8) is 0 Å². The van der Waals surface area contributed by atoms with E-state index in [0.29, 0.717) is 41.8 Å². The second-order valence-electron chi connectivity index (χ2n) is 7.19. The molecule has 1 aliphatic rings. The standard InChI is InChI=1S/C26H19NO4/c27-13-12-20-24(18-10-11-22-23(16-18)30-15-14-29-22)26(19-8-4-5-9-21(19)28)31-25(20)17-6-2-1-3-7-17/h1-11,16,28H,12,14-15H2. The molecule has 152 valence electrons. The molecule has 0 fully saturated rings. The summed E-state index contributed by atoms with van der Waals surface area (Å²) in [6.07, 6.45) is 0.158. The first kappa shape index (κ1) is 18.8. The van der Waals surface area contributed by atoms with Crippen LogP contribution < -0.4 is 9.47 Å². The largest absolute Gasteiger partial charge is 0.507 e. The number of aromatic hydroxyl groups is 1. The lowest BCUT2D eigenvalue weighted by Crippen LogP contribution is -2.15. The molecule has 1 N–H and O–H groups in total. The lowest BCUT2D eigenvalue weighted by atomic mass is 9.93. The number of phenolic OH excluding ortho intramolecular Hbond substituents is 1. The minimum atomic E-state index is 0.109. The van der Waals surface area contributed by atoms with Gasteiger partial charge in [-0.1, -0.05) is 48.5 Å². The summed E-state index contributed by atoms with van der Waals surface area (Å²) < 4.78 is 17.8. The highest BCUT2D eigenvalue weighted by Crippen LogP contribution is 2.47. The Balaban J connectivity index is 1.80. The van der Waals surface area contributed by atoms with Crippen LogP contribution in [0.2, 0.25) is 0 Å². The molecule has 0 bridgehead atoms. The van der Waals surface area contributed by atoms with Crippen LogP contribution in [-0.4, -0.2) is 18.3 Å². The van der Waals surface area contributed by atoms with Crippen molar-refractivity contribution >= 4 is 0 Å². The van der Waals surface area contributed by atoms with Crippen LogP contribution in [0.25, 0.3) is 33.8 Å². The van der Waals surface area contributed by atoms with Gasteiger partial charge in [-0.2, -0.15) is 5.26 Å². The molecule has 1 aliphatic heterocycles. The molecular formula is C26H19NO4. The Morgan fingerprint density at radius 3 is 2.32 bits per heavy atom. The zero-order valence-electron chi connectivity index (χ0n) is 16.7. The van der Waals surface area contributed by atoms with E-state index < -0.39 is 0 Å². The normalized spacial score (nSPS) is 12.4. The fourth-order valence-electron chi connectivity index (χ4n) is 3.90. The number of benzene rings is 3. The highest BCUT2D eigenvalue weighted by molar-refractivity contribution is 5.90. The van der Waals surface area contributed by atoms with E-state index in [9.17, 15) is 10.4 Å². The van der Waals surface area contributed by atoms with Crippen LogP contribution in [0.3, 0.4) is 0 Å². The number of rotatable bonds is 4. The molecule has 0 saturated heterocycles. The van der Waals surface area contributed by atoms with E-state index in [1.807, 2.05) is 54.6 Å². The summed E-state index contributed by atoms with van der Waals surface area (Å²) in [5.74, 6) is 2.58. The minimum Gasteiger partial charge on any atom is -0.507 e. The molecular weight excluding hydrogens is 390 g/mol. The minimum absolute atomic E-state index is 0.109. The molecule has 0 saturated carbocycles. The van der Waals surface area contributed by atoms with Crippen LogP contribution >= 0.6 is 0 Å². The van der Waals surface area contributed by atoms with Crippen LogP contribution in [0.5, 0.6) is 17.2 Å². The number of hydrogen-bond donors (Lipinski definition) is 1. The molecule has 31 heavy (non-hydrogen) atoms. The maximum atomic E-state index is 10.6. The Hall–Kier alpha value is -4.17. The van der Waals surface area contributed by atoms with Gasteiger partial charge in [-0.3, -0.25) is 0 Å². The Morgan fingerprint density at radius 2 is 1.55 bits per heavy atom. The van der Waals surface area contributed by atoms with Crippen molar-refractivity contribution in [1.82, 2.24) is 0 Å². The number of hydrogen-bond acceptors (Lipinski definition) is 5. The van der Waals surface area contributed by atoms with Crippen LogP contribution in [0.4, 0.5) is 0 Å². The molecule has 0 atom stereocenters. The molecule has 1 aromatic heterocycles. The number of ether oxygens (including phenoxy) is 2. The molecule has 0 aliphatic carbocycles. The third-order valence-electron chi connectivity index (χ3n) is 5.28. The van der Waals surface area contributed by atoms with Gasteiger partial charge in [0.15, 0.2) is 11.5 Å². The molecule has 0 spiro atoms. The molecule has 5 heteroatoms. The summed E-state index contributed by atoms with van der Waals surface area (Å²) in [6, 6.07) is 24.7. The number of phenols is 1. The summed E-state index contributed by atoms with van der Waals surface area (Å²) >= 11 is 0. The predicted molar refractivity (Wildman–Crippen MR) is 117 cm³/mol. The Kier molecular flexibility index (Phi) is 4.81. The fraction of sp³-hybridized carbons (Fsp3) is 0.115. The summed E-state index contributed by atoms with van der Waals surface area (Å²) in [6.45, 7) is 0.994. The van der Waals surface area contributed by atoms with Gasteiger partial charge in [-0.05, 0) is 29.8 Å². The van der Waals surface area contributed by atoms with Gasteiger partial charge in [-0.15, -0.1) is 0 Å². The summed E-state index contributed by atoms with van der Waals surface area (Å²) in [4.78, 5) is 0. The predicted octanol–water partition coefficient (Wildman–Crippen LogP) is 5.82. The topological polar surface area (TPSA) is 75.6 Å². The first-order chi connectivity index (χ1) is 15.3. The van der Waals surface area contributed by atoms with Crippen molar-refractivity contribution in [3.8, 4) is 57.1 Å². The van der Waals surface area contributed by atoms with E-state index in [4.69, 9.17) is 13.9 Å². The molecule has 4 aromatic rings. The summed E-state index contributed by atoms with van der Waals surface area (Å²) in [7, 11) is 0. The first-order valence-electron chi connectivity index (χ1n) is 10.0. The van der Waals surface area contributed by atoms with E-state index in [-0.39, 0.29) is 12.2 Å². The van der Waals surface area contributed by atoms with Gasteiger partial charge in [0, 0.05) is 16.7 Å². The first-order valence-corrected chi connectivity index (χ1v) is 10.0. The maximum absolute atomic E-state index is 10.6. The second-order valence-corrected chi connectivity index (χ2v) is 7.19. The highest BCUT2D eigenvalue weighted by atomic mass is 16.6. The molecule has 0 unspecified atom stereocenters. The summed E-state index contributed by atoms with van der Waals surface area (Å²) in [5.41, 5.74) is 3.79. The van der Waals surface area contributed by atoms with Gasteiger partial charge < -0.3 is 19.0 Å². The fourth-order valence-corrected chi connectivity index (χ4v) is 3.90. The monoisotopic (exact) mass is 409 g/mol. The van der Waals surface area contributed by atoms with E-state index in [2.05, 4.69) is 6.07 Å². The van der Waals surface area contributed by atoms with Crippen molar-refractivity contribution in [3.05, 3.63) is 78.4 Å². The summed E-state index contributed by atoms with van der Waals surface area (Å²) in [5, 5.41) is 20.2. The van der Waals surface area contributed by atoms with Crippen LogP contribution in [0, 0.1) is 11.3 Å². The number of fused-ring (bicyclic) bond motifs is 1. The lowest BCUT2D eigenvalue weighted by molar-refractivity contribution is 0.171. The molecule has 0 amide bonds. The number of nitrogens with zero attached hydrogens (tertiary/aromatic N) is 1. The van der Waals surface area contributed by atoms with E-state index >= 15 is 0 Å². The van der Waals surface area contributed by atoms with Crippen LogP contribution in [0.15, 0.2) is 77.2 Å². The number of furan rings is 1. The van der Waals surface area contributed by atoms with Crippen molar-refractivity contribution in [2.24, 2.45) is 0 Å². The van der Waals surface area contributed by atoms with Gasteiger partial charge >= 0.3 is 0 Å². The van der Waals surface area contributed by atoms with Crippen molar-refractivity contribution in [2.75, 3.05) is 13.2 Å². The van der Waals surface area contributed by atoms with Gasteiger partial charge in [0.2, 0.25) is 0 Å². The number of para-hydroxylation sites is 1. The van der Waals surface area contributed by atoms with Gasteiger partial charge in [0.25, 0.3) is 0 Å². The lowest BCUT2D eigenvalue weighted by Gasteiger charge is -2.19. The third kappa shape index (κ3) is 3.38. The molecule has 5 nitrogen and oxygen atoms in total.